The monoisotopic (exact) mass is 311 g/mol. The Morgan fingerprint density at radius 2 is 1.48 bits per heavy atom. The number of hydrogen-bond acceptors (Lipinski definition) is 12. The molecular formula is C8H9NO12. The molecule has 13 nitrogen and oxygen atoms in total. The van der Waals surface area contributed by atoms with Crippen molar-refractivity contribution in [2.75, 3.05) is 0 Å². The molecule has 1 aliphatic heterocycles. The quantitative estimate of drug-likeness (QED) is 0.331. The largest absolute Gasteiger partial charge is 0.479 e. The minimum Gasteiger partial charge on any atom is -0.479 e. The summed E-state index contributed by atoms with van der Waals surface area (Å²) in [5.41, 5.74) is 0. The Labute approximate surface area is 114 Å². The second-order valence-corrected chi connectivity index (χ2v) is 3.57. The van der Waals surface area contributed by atoms with Crippen LogP contribution < -0.4 is 0 Å². The molecule has 5 N–H and O–H groups in total. The van der Waals surface area contributed by atoms with Crippen molar-refractivity contribution in [2.45, 2.75) is 24.4 Å². The highest BCUT2D eigenvalue weighted by Crippen LogP contribution is 2.11. The van der Waals surface area contributed by atoms with Gasteiger partial charge in [-0.25, -0.2) is 19.2 Å². The summed E-state index contributed by atoms with van der Waals surface area (Å²) in [5.74, 6) is -7.12. The van der Waals surface area contributed by atoms with E-state index in [1.165, 1.54) is 0 Å². The van der Waals surface area contributed by atoms with Crippen molar-refractivity contribution in [1.82, 2.24) is 5.39 Å². The smallest absolute Gasteiger partial charge is 0.364 e. The van der Waals surface area contributed by atoms with Crippen LogP contribution in [0.1, 0.15) is 0 Å². The average Bonchev–Trinajstić information content (AvgIpc) is 2.50. The molecule has 13 heteroatoms. The number of hydrogen-bond donors (Lipinski definition) is 5. The van der Waals surface area contributed by atoms with Crippen LogP contribution in [0.15, 0.2) is 0 Å². The van der Waals surface area contributed by atoms with Gasteiger partial charge in [0.05, 0.1) is 0 Å². The van der Waals surface area contributed by atoms with Crippen molar-refractivity contribution in [1.29, 1.82) is 0 Å². The van der Waals surface area contributed by atoms with E-state index in [1.807, 2.05) is 0 Å². The van der Waals surface area contributed by atoms with Gasteiger partial charge in [0, 0.05) is 0 Å². The molecule has 1 fully saturated rings. The van der Waals surface area contributed by atoms with Crippen LogP contribution in [0, 0.1) is 0 Å². The maximum absolute atomic E-state index is 11.2. The van der Waals surface area contributed by atoms with Crippen LogP contribution in [0.4, 0.5) is 0 Å². The van der Waals surface area contributed by atoms with E-state index < -0.39 is 53.7 Å². The van der Waals surface area contributed by atoms with E-state index in [0.29, 0.717) is 0 Å². The lowest BCUT2D eigenvalue weighted by atomic mass is 10.2. The van der Waals surface area contributed by atoms with Crippen LogP contribution in [0.3, 0.4) is 0 Å². The lowest BCUT2D eigenvalue weighted by molar-refractivity contribution is -0.463. The van der Waals surface area contributed by atoms with Gasteiger partial charge in [0.25, 0.3) is 0 Å². The van der Waals surface area contributed by atoms with Gasteiger partial charge >= 0.3 is 23.9 Å². The van der Waals surface area contributed by atoms with Gasteiger partial charge in [-0.05, 0) is 0 Å². The maximum Gasteiger partial charge on any atom is 0.364 e. The molecule has 0 saturated carbocycles. The molecule has 4 atom stereocenters. The lowest BCUT2D eigenvalue weighted by Crippen LogP contribution is -2.43. The summed E-state index contributed by atoms with van der Waals surface area (Å²) < 4.78 is 0. The fraction of sp³-hybridized carbons (Fsp3) is 0.500. The number of aliphatic hydroxyl groups excluding tert-OH is 4. The molecule has 0 spiro atoms. The predicted molar refractivity (Wildman–Crippen MR) is 51.8 cm³/mol. The highest BCUT2D eigenvalue weighted by atomic mass is 17.2. The Kier molecular flexibility index (Phi) is 5.12. The summed E-state index contributed by atoms with van der Waals surface area (Å²) in [6.07, 6.45) is -9.81. The zero-order valence-electron chi connectivity index (χ0n) is 9.85. The normalized spacial score (nSPS) is 26.1. The van der Waals surface area contributed by atoms with Crippen molar-refractivity contribution in [3.63, 3.8) is 0 Å². The van der Waals surface area contributed by atoms with Gasteiger partial charge in [-0.1, -0.05) is 0 Å². The molecule has 0 bridgehead atoms. The third kappa shape index (κ3) is 3.83. The molecule has 0 aliphatic carbocycles. The Bertz CT molecular complexity index is 440. The number of carbonyl (C=O) groups excluding carboxylic acids is 3. The Balaban J connectivity index is 2.74. The van der Waals surface area contributed by atoms with Crippen LogP contribution in [0.25, 0.3) is 0 Å². The Morgan fingerprint density at radius 3 is 1.86 bits per heavy atom. The molecule has 1 heterocycles. The van der Waals surface area contributed by atoms with Crippen molar-refractivity contribution in [3.05, 3.63) is 0 Å². The SMILES string of the molecule is O=C(O)C(O)C(O)C(=O)ON1OC(=O)C(O)C(O)C(=O)O1. The van der Waals surface area contributed by atoms with E-state index in [-0.39, 0.29) is 0 Å². The van der Waals surface area contributed by atoms with E-state index >= 15 is 0 Å². The van der Waals surface area contributed by atoms with Crippen molar-refractivity contribution >= 4 is 23.9 Å². The summed E-state index contributed by atoms with van der Waals surface area (Å²) in [6, 6.07) is 0. The van der Waals surface area contributed by atoms with E-state index in [4.69, 9.17) is 25.5 Å². The highest BCUT2D eigenvalue weighted by molar-refractivity contribution is 5.86. The molecule has 1 saturated heterocycles. The van der Waals surface area contributed by atoms with E-state index in [9.17, 15) is 19.2 Å². The first-order valence-electron chi connectivity index (χ1n) is 5.05. The zero-order valence-corrected chi connectivity index (χ0v) is 9.85. The minimum absolute atomic E-state index is 0.565. The number of carboxylic acids is 1. The second kappa shape index (κ2) is 6.42. The zero-order chi connectivity index (χ0) is 16.3. The Hall–Kier alpha value is -2.32. The molecule has 0 aromatic carbocycles. The number of rotatable bonds is 4. The average molecular weight is 311 g/mol. The number of carbonyl (C=O) groups is 4. The van der Waals surface area contributed by atoms with Crippen molar-refractivity contribution in [3.8, 4) is 0 Å². The maximum atomic E-state index is 11.2. The molecule has 4 unspecified atom stereocenters. The molecular weight excluding hydrogens is 302 g/mol. The summed E-state index contributed by atoms with van der Waals surface area (Å²) >= 11 is 0. The van der Waals surface area contributed by atoms with Gasteiger partial charge in [0.2, 0.25) is 5.39 Å². The molecule has 0 aromatic heterocycles. The van der Waals surface area contributed by atoms with Gasteiger partial charge in [-0.2, -0.15) is 0 Å². The van der Waals surface area contributed by atoms with Crippen LogP contribution in [0.2, 0.25) is 0 Å². The van der Waals surface area contributed by atoms with Gasteiger partial charge in [-0.15, -0.1) is 0 Å². The summed E-state index contributed by atoms with van der Waals surface area (Å²) in [7, 11) is 0. The Morgan fingerprint density at radius 1 is 1.05 bits per heavy atom. The number of nitrogens with zero attached hydrogens (tertiary/aromatic N) is 1. The summed E-state index contributed by atoms with van der Waals surface area (Å²) in [6.45, 7) is 0. The molecule has 0 amide bonds. The fourth-order valence-corrected chi connectivity index (χ4v) is 0.960. The highest BCUT2D eigenvalue weighted by Gasteiger charge is 2.43. The van der Waals surface area contributed by atoms with Crippen LogP contribution in [-0.2, 0) is 33.7 Å². The number of carboxylic acid groups (broad SMARTS) is 1. The predicted octanol–water partition coefficient (Wildman–Crippen LogP) is -4.80. The molecule has 1 aliphatic rings. The first kappa shape index (κ1) is 16.7. The van der Waals surface area contributed by atoms with E-state index in [2.05, 4.69) is 14.5 Å². The standard InChI is InChI=1S/C8H9NO12/c10-1(5(14)15)2(11)6(16)19-9-20-7(17)3(12)4(13)8(18)21-9/h1-4,10-13H,(H,14,15). The van der Waals surface area contributed by atoms with Crippen LogP contribution >= 0.6 is 0 Å². The first-order valence-corrected chi connectivity index (χ1v) is 5.05. The summed E-state index contributed by atoms with van der Waals surface area (Å²) in [5, 5.41) is 43.8. The van der Waals surface area contributed by atoms with Gasteiger partial charge in [-0.3, -0.25) is 14.5 Å². The molecule has 0 aromatic rings. The van der Waals surface area contributed by atoms with Crippen molar-refractivity contribution < 1.29 is 59.2 Å². The molecule has 0 radical (unpaired) electrons. The minimum atomic E-state index is -2.60. The molecule has 21 heavy (non-hydrogen) atoms. The molecule has 1 rings (SSSR count). The second-order valence-electron chi connectivity index (χ2n) is 3.57. The van der Waals surface area contributed by atoms with Gasteiger partial charge in [0.15, 0.2) is 24.4 Å². The third-order valence-corrected chi connectivity index (χ3v) is 2.07. The van der Waals surface area contributed by atoms with Gasteiger partial charge in [0.1, 0.15) is 0 Å². The molecule has 118 valence electrons. The van der Waals surface area contributed by atoms with Gasteiger partial charge < -0.3 is 25.5 Å². The fourth-order valence-electron chi connectivity index (χ4n) is 0.960. The topological polar surface area (TPSA) is 200 Å². The number of aliphatic hydroxyl groups is 4. The van der Waals surface area contributed by atoms with Crippen molar-refractivity contribution in [2.24, 2.45) is 0 Å². The third-order valence-electron chi connectivity index (χ3n) is 2.07. The first-order chi connectivity index (χ1) is 9.65. The summed E-state index contributed by atoms with van der Waals surface area (Å²) in [4.78, 5) is 55.6. The van der Waals surface area contributed by atoms with Crippen LogP contribution in [-0.4, -0.2) is 79.2 Å². The number of aliphatic carboxylic acids is 1. The van der Waals surface area contributed by atoms with E-state index in [1.54, 1.807) is 0 Å². The van der Waals surface area contributed by atoms with E-state index in [0.717, 1.165) is 0 Å². The van der Waals surface area contributed by atoms with Crippen LogP contribution in [0.5, 0.6) is 0 Å². The lowest BCUT2D eigenvalue weighted by Gasteiger charge is -2.17.